The second-order valence-corrected chi connectivity index (χ2v) is 5.66. The third kappa shape index (κ3) is 2.78. The molecular formula is C16H13BrFNO2. The lowest BCUT2D eigenvalue weighted by molar-refractivity contribution is 0.0939. The molecule has 0 aromatic heterocycles. The van der Waals surface area contributed by atoms with E-state index < -0.39 is 0 Å². The van der Waals surface area contributed by atoms with Crippen LogP contribution in [0, 0.1) is 5.82 Å². The molecule has 0 fully saturated rings. The standard InChI is InChI=1S/C16H13BrFNO2/c17-12-8-13(21-9-10-4-2-1-3-5-10)14-11(15(12)18)6-7-19-16(14)20/h1-5,8H,6-7,9H2,(H,19,20). The zero-order chi connectivity index (χ0) is 14.8. The van der Waals surface area contributed by atoms with Crippen LogP contribution in [-0.4, -0.2) is 12.5 Å². The number of carbonyl (C=O) groups is 1. The Bertz CT molecular complexity index is 688. The maximum absolute atomic E-state index is 14.1. The summed E-state index contributed by atoms with van der Waals surface area (Å²) < 4.78 is 20.2. The van der Waals surface area contributed by atoms with Crippen LogP contribution in [0.5, 0.6) is 5.75 Å². The van der Waals surface area contributed by atoms with Crippen LogP contribution >= 0.6 is 15.9 Å². The van der Waals surface area contributed by atoms with Crippen LogP contribution in [-0.2, 0) is 13.0 Å². The number of nitrogens with one attached hydrogen (secondary N) is 1. The predicted octanol–water partition coefficient (Wildman–Crippen LogP) is 3.45. The van der Waals surface area contributed by atoms with E-state index in [0.29, 0.717) is 40.9 Å². The van der Waals surface area contributed by atoms with Gasteiger partial charge in [-0.3, -0.25) is 4.79 Å². The summed E-state index contributed by atoms with van der Waals surface area (Å²) in [5.74, 6) is -0.267. The van der Waals surface area contributed by atoms with Crippen molar-refractivity contribution < 1.29 is 13.9 Å². The molecule has 0 radical (unpaired) electrons. The lowest BCUT2D eigenvalue weighted by atomic mass is 9.99. The van der Waals surface area contributed by atoms with Gasteiger partial charge in [-0.2, -0.15) is 0 Å². The molecule has 1 aliphatic heterocycles. The van der Waals surface area contributed by atoms with Gasteiger partial charge in [-0.15, -0.1) is 0 Å². The molecule has 3 nitrogen and oxygen atoms in total. The summed E-state index contributed by atoms with van der Waals surface area (Å²) >= 11 is 3.18. The van der Waals surface area contributed by atoms with Crippen molar-refractivity contribution in [3.8, 4) is 5.75 Å². The van der Waals surface area contributed by atoms with E-state index in [4.69, 9.17) is 4.74 Å². The van der Waals surface area contributed by atoms with Gasteiger partial charge in [0.2, 0.25) is 0 Å². The quantitative estimate of drug-likeness (QED) is 0.921. The summed E-state index contributed by atoms with van der Waals surface area (Å²) in [7, 11) is 0. The van der Waals surface area contributed by atoms with Crippen LogP contribution in [0.2, 0.25) is 0 Å². The van der Waals surface area contributed by atoms with Crippen molar-refractivity contribution >= 4 is 21.8 Å². The number of rotatable bonds is 3. The topological polar surface area (TPSA) is 38.3 Å². The highest BCUT2D eigenvalue weighted by Gasteiger charge is 2.26. The van der Waals surface area contributed by atoms with E-state index in [1.807, 2.05) is 30.3 Å². The summed E-state index contributed by atoms with van der Waals surface area (Å²) in [5.41, 5.74) is 1.71. The van der Waals surface area contributed by atoms with Crippen LogP contribution in [0.4, 0.5) is 4.39 Å². The molecule has 108 valence electrons. The van der Waals surface area contributed by atoms with Crippen molar-refractivity contribution in [2.75, 3.05) is 6.54 Å². The molecule has 2 aromatic rings. The molecule has 1 aliphatic rings. The Labute approximate surface area is 130 Å². The zero-order valence-corrected chi connectivity index (χ0v) is 12.7. The molecule has 1 amide bonds. The number of amides is 1. The maximum atomic E-state index is 14.1. The van der Waals surface area contributed by atoms with Gasteiger partial charge in [-0.05, 0) is 34.0 Å². The van der Waals surface area contributed by atoms with E-state index in [1.54, 1.807) is 0 Å². The molecule has 1 heterocycles. The van der Waals surface area contributed by atoms with E-state index in [2.05, 4.69) is 21.2 Å². The fourth-order valence-corrected chi connectivity index (χ4v) is 2.82. The molecule has 5 heteroatoms. The van der Waals surface area contributed by atoms with Gasteiger partial charge >= 0.3 is 0 Å². The number of ether oxygens (including phenoxy) is 1. The van der Waals surface area contributed by atoms with E-state index >= 15 is 0 Å². The first-order valence-corrected chi connectivity index (χ1v) is 7.42. The van der Waals surface area contributed by atoms with Gasteiger partial charge in [0.05, 0.1) is 10.0 Å². The minimum absolute atomic E-state index is 0.286. The molecule has 1 N–H and O–H groups in total. The average molecular weight is 350 g/mol. The van der Waals surface area contributed by atoms with Gasteiger partial charge in [-0.1, -0.05) is 30.3 Å². The lowest BCUT2D eigenvalue weighted by Crippen LogP contribution is -2.33. The molecule has 2 aromatic carbocycles. The second kappa shape index (κ2) is 5.85. The van der Waals surface area contributed by atoms with E-state index in [-0.39, 0.29) is 11.7 Å². The van der Waals surface area contributed by atoms with Gasteiger partial charge in [0, 0.05) is 12.1 Å². The number of hydrogen-bond donors (Lipinski definition) is 1. The Kier molecular flexibility index (Phi) is 3.92. The summed E-state index contributed by atoms with van der Waals surface area (Å²) in [4.78, 5) is 12.0. The van der Waals surface area contributed by atoms with E-state index in [9.17, 15) is 9.18 Å². The van der Waals surface area contributed by atoms with Crippen molar-refractivity contribution in [1.29, 1.82) is 0 Å². The number of fused-ring (bicyclic) bond motifs is 1. The molecule has 0 atom stereocenters. The largest absolute Gasteiger partial charge is 0.488 e. The van der Waals surface area contributed by atoms with Crippen molar-refractivity contribution in [2.24, 2.45) is 0 Å². The van der Waals surface area contributed by atoms with Gasteiger partial charge in [0.1, 0.15) is 18.2 Å². The van der Waals surface area contributed by atoms with Crippen LogP contribution in [0.25, 0.3) is 0 Å². The molecule has 3 rings (SSSR count). The van der Waals surface area contributed by atoms with Crippen molar-refractivity contribution in [3.63, 3.8) is 0 Å². The smallest absolute Gasteiger partial charge is 0.255 e. The number of carbonyl (C=O) groups excluding carboxylic acids is 1. The van der Waals surface area contributed by atoms with Crippen molar-refractivity contribution in [1.82, 2.24) is 5.32 Å². The number of benzene rings is 2. The molecule has 0 bridgehead atoms. The maximum Gasteiger partial charge on any atom is 0.255 e. The first-order valence-electron chi connectivity index (χ1n) is 6.62. The Morgan fingerprint density at radius 3 is 2.81 bits per heavy atom. The number of hydrogen-bond acceptors (Lipinski definition) is 2. The van der Waals surface area contributed by atoms with Gasteiger partial charge < -0.3 is 10.1 Å². The van der Waals surface area contributed by atoms with Crippen molar-refractivity contribution in [2.45, 2.75) is 13.0 Å². The van der Waals surface area contributed by atoms with Crippen LogP contribution in [0.3, 0.4) is 0 Å². The highest BCUT2D eigenvalue weighted by molar-refractivity contribution is 9.10. The first-order chi connectivity index (χ1) is 10.2. The Balaban J connectivity index is 1.95. The molecule has 0 saturated heterocycles. The molecular weight excluding hydrogens is 337 g/mol. The fourth-order valence-electron chi connectivity index (χ4n) is 2.38. The molecule has 0 spiro atoms. The first kappa shape index (κ1) is 14.1. The molecule has 0 aliphatic carbocycles. The highest BCUT2D eigenvalue weighted by Crippen LogP contribution is 2.33. The third-order valence-corrected chi connectivity index (χ3v) is 3.98. The van der Waals surface area contributed by atoms with Crippen molar-refractivity contribution in [3.05, 3.63) is 63.4 Å². The van der Waals surface area contributed by atoms with E-state index in [1.165, 1.54) is 6.07 Å². The normalized spacial score (nSPS) is 13.5. The lowest BCUT2D eigenvalue weighted by Gasteiger charge is -2.21. The Hall–Kier alpha value is -1.88. The van der Waals surface area contributed by atoms with Gasteiger partial charge in [0.15, 0.2) is 0 Å². The van der Waals surface area contributed by atoms with E-state index in [0.717, 1.165) is 5.56 Å². The van der Waals surface area contributed by atoms with Gasteiger partial charge in [0.25, 0.3) is 5.91 Å². The third-order valence-electron chi connectivity index (χ3n) is 3.41. The second-order valence-electron chi connectivity index (χ2n) is 4.80. The molecule has 0 unspecified atom stereocenters. The van der Waals surface area contributed by atoms with Crippen LogP contribution in [0.1, 0.15) is 21.5 Å². The fraction of sp³-hybridized carbons (Fsp3) is 0.188. The summed E-state index contributed by atoms with van der Waals surface area (Å²) in [6, 6.07) is 11.1. The summed E-state index contributed by atoms with van der Waals surface area (Å²) in [6.07, 6.45) is 0.466. The predicted molar refractivity (Wildman–Crippen MR) is 80.9 cm³/mol. The van der Waals surface area contributed by atoms with Gasteiger partial charge in [-0.25, -0.2) is 4.39 Å². The Morgan fingerprint density at radius 2 is 2.05 bits per heavy atom. The van der Waals surface area contributed by atoms with Crippen LogP contribution in [0.15, 0.2) is 40.9 Å². The highest BCUT2D eigenvalue weighted by atomic mass is 79.9. The molecule has 21 heavy (non-hydrogen) atoms. The minimum Gasteiger partial charge on any atom is -0.488 e. The Morgan fingerprint density at radius 1 is 1.29 bits per heavy atom. The molecule has 0 saturated carbocycles. The van der Waals surface area contributed by atoms with Crippen LogP contribution < -0.4 is 10.1 Å². The summed E-state index contributed by atoms with van der Waals surface area (Å²) in [5, 5.41) is 2.72. The monoisotopic (exact) mass is 349 g/mol. The zero-order valence-electron chi connectivity index (χ0n) is 11.2. The minimum atomic E-state index is -0.382. The summed E-state index contributed by atoms with van der Waals surface area (Å²) in [6.45, 7) is 0.774. The SMILES string of the molecule is O=C1NCCc2c(F)c(Br)cc(OCc3ccccc3)c21. The number of halogens is 2. The average Bonchev–Trinajstić information content (AvgIpc) is 2.50.